The summed E-state index contributed by atoms with van der Waals surface area (Å²) in [4.78, 5) is 16.3. The Morgan fingerprint density at radius 2 is 2.07 bits per heavy atom. The third-order valence-corrected chi connectivity index (χ3v) is 4.38. The van der Waals surface area contributed by atoms with Crippen molar-refractivity contribution in [1.82, 2.24) is 14.8 Å². The van der Waals surface area contributed by atoms with E-state index in [-0.39, 0.29) is 12.4 Å². The lowest BCUT2D eigenvalue weighted by Crippen LogP contribution is -2.05. The fourth-order valence-corrected chi connectivity index (χ4v) is 3.10. The Bertz CT molecular complexity index is 1160. The maximum Gasteiger partial charge on any atom is 0.336 e. The molecule has 27 heavy (non-hydrogen) atoms. The molecule has 5 rings (SSSR count). The molecule has 0 saturated carbocycles. The summed E-state index contributed by atoms with van der Waals surface area (Å²) in [5.74, 6) is 0.836. The Hall–Kier alpha value is -3.81. The van der Waals surface area contributed by atoms with Crippen LogP contribution in [0.15, 0.2) is 53.3 Å². The first-order valence-corrected chi connectivity index (χ1v) is 8.21. The van der Waals surface area contributed by atoms with Crippen molar-refractivity contribution in [1.29, 1.82) is 0 Å². The van der Waals surface area contributed by atoms with E-state index in [0.29, 0.717) is 40.5 Å². The van der Waals surface area contributed by atoms with Crippen molar-refractivity contribution < 1.29 is 23.8 Å². The highest BCUT2D eigenvalue weighted by molar-refractivity contribution is 6.02. The van der Waals surface area contributed by atoms with Crippen LogP contribution in [0.5, 0.6) is 11.5 Å². The quantitative estimate of drug-likeness (QED) is 0.594. The fraction of sp³-hybridized carbons (Fsp3) is 0.105. The number of furan rings is 1. The van der Waals surface area contributed by atoms with E-state index < -0.39 is 5.97 Å². The lowest BCUT2D eigenvalue weighted by molar-refractivity contribution is 0.0699. The zero-order valence-electron chi connectivity index (χ0n) is 14.0. The van der Waals surface area contributed by atoms with Crippen LogP contribution < -0.4 is 9.47 Å². The Morgan fingerprint density at radius 3 is 2.89 bits per heavy atom. The van der Waals surface area contributed by atoms with Gasteiger partial charge in [-0.15, -0.1) is 0 Å². The van der Waals surface area contributed by atoms with Gasteiger partial charge in [0, 0.05) is 0 Å². The number of carboxylic acid groups (broad SMARTS) is 1. The van der Waals surface area contributed by atoms with E-state index >= 15 is 0 Å². The molecular weight excluding hydrogens is 350 g/mol. The number of fused-ring (bicyclic) bond motifs is 2. The topological polar surface area (TPSA) is 99.6 Å². The predicted octanol–water partition coefficient (Wildman–Crippen LogP) is 3.17. The highest BCUT2D eigenvalue weighted by atomic mass is 16.7. The van der Waals surface area contributed by atoms with Crippen LogP contribution in [0.25, 0.3) is 22.5 Å². The molecule has 1 aliphatic heterocycles. The molecule has 1 aliphatic rings. The molecule has 134 valence electrons. The van der Waals surface area contributed by atoms with Gasteiger partial charge in [0.15, 0.2) is 22.9 Å². The van der Waals surface area contributed by atoms with Crippen molar-refractivity contribution in [3.8, 4) is 23.0 Å². The van der Waals surface area contributed by atoms with Gasteiger partial charge in [-0.1, -0.05) is 6.07 Å². The van der Waals surface area contributed by atoms with Gasteiger partial charge in [0.1, 0.15) is 5.69 Å². The van der Waals surface area contributed by atoms with Crippen molar-refractivity contribution in [2.24, 2.45) is 0 Å². The molecule has 1 N–H and O–H groups in total. The highest BCUT2D eigenvalue weighted by Gasteiger charge is 2.19. The number of carboxylic acids is 1. The molecule has 4 aromatic rings. The minimum Gasteiger partial charge on any atom is -0.478 e. The van der Waals surface area contributed by atoms with Crippen LogP contribution in [-0.4, -0.2) is 32.6 Å². The first-order valence-electron chi connectivity index (χ1n) is 8.21. The largest absolute Gasteiger partial charge is 0.478 e. The molecule has 4 heterocycles. The van der Waals surface area contributed by atoms with Gasteiger partial charge in [0.25, 0.3) is 0 Å². The van der Waals surface area contributed by atoms with E-state index in [0.717, 1.165) is 5.56 Å². The molecule has 0 atom stereocenters. The van der Waals surface area contributed by atoms with Crippen molar-refractivity contribution >= 4 is 17.0 Å². The molecule has 8 nitrogen and oxygen atoms in total. The van der Waals surface area contributed by atoms with Crippen molar-refractivity contribution in [2.75, 3.05) is 6.79 Å². The van der Waals surface area contributed by atoms with E-state index in [1.807, 2.05) is 18.2 Å². The lowest BCUT2D eigenvalue weighted by Gasteiger charge is -2.07. The third-order valence-electron chi connectivity index (χ3n) is 4.38. The van der Waals surface area contributed by atoms with Crippen LogP contribution in [0.3, 0.4) is 0 Å². The summed E-state index contributed by atoms with van der Waals surface area (Å²) in [6.45, 7) is 0.618. The van der Waals surface area contributed by atoms with Gasteiger partial charge >= 0.3 is 5.97 Å². The molecule has 3 aromatic heterocycles. The van der Waals surface area contributed by atoms with E-state index in [2.05, 4.69) is 10.1 Å². The maximum absolute atomic E-state index is 11.7. The molecule has 0 fully saturated rings. The highest BCUT2D eigenvalue weighted by Crippen LogP contribution is 2.33. The third kappa shape index (κ3) is 2.58. The predicted molar refractivity (Wildman–Crippen MR) is 93.9 cm³/mol. The minimum atomic E-state index is -1.04. The molecular formula is C19H13N3O5. The van der Waals surface area contributed by atoms with Crippen LogP contribution in [0, 0.1) is 0 Å². The summed E-state index contributed by atoms with van der Waals surface area (Å²) < 4.78 is 17.8. The van der Waals surface area contributed by atoms with Gasteiger partial charge in [-0.25, -0.2) is 14.5 Å². The molecule has 0 radical (unpaired) electrons. The van der Waals surface area contributed by atoms with Crippen molar-refractivity contribution in [3.05, 3.63) is 60.0 Å². The fourth-order valence-electron chi connectivity index (χ4n) is 3.10. The number of aromatic nitrogens is 3. The van der Waals surface area contributed by atoms with E-state index in [9.17, 15) is 9.90 Å². The number of rotatable bonds is 4. The second-order valence-electron chi connectivity index (χ2n) is 6.06. The molecule has 0 aliphatic carbocycles. The number of pyridine rings is 1. The Morgan fingerprint density at radius 1 is 1.19 bits per heavy atom. The summed E-state index contributed by atoms with van der Waals surface area (Å²) in [7, 11) is 0. The summed E-state index contributed by atoms with van der Waals surface area (Å²) >= 11 is 0. The number of hydrogen-bond donors (Lipinski definition) is 1. The van der Waals surface area contributed by atoms with Gasteiger partial charge < -0.3 is 19.0 Å². The number of carbonyl (C=O) groups is 1. The molecule has 8 heteroatoms. The number of hydrogen-bond acceptors (Lipinski definition) is 6. The summed E-state index contributed by atoms with van der Waals surface area (Å²) in [6.07, 6.45) is 3.04. The van der Waals surface area contributed by atoms with E-state index in [4.69, 9.17) is 13.9 Å². The van der Waals surface area contributed by atoms with Gasteiger partial charge in [0.05, 0.1) is 30.0 Å². The summed E-state index contributed by atoms with van der Waals surface area (Å²) in [5.41, 5.74) is 1.98. The van der Waals surface area contributed by atoms with Gasteiger partial charge in [-0.2, -0.15) is 5.10 Å². The van der Waals surface area contributed by atoms with Crippen molar-refractivity contribution in [2.45, 2.75) is 6.54 Å². The smallest absolute Gasteiger partial charge is 0.336 e. The average molecular weight is 363 g/mol. The molecule has 0 amide bonds. The first kappa shape index (κ1) is 15.4. The van der Waals surface area contributed by atoms with Crippen LogP contribution >= 0.6 is 0 Å². The Balaban J connectivity index is 1.61. The standard InChI is InChI=1S/C19H13N3O5/c23-19(24)12-7-14(15-2-1-5-25-15)21-18-13(12)8-20-22(18)9-11-3-4-16-17(6-11)27-10-26-16/h1-8H,9-10H2,(H,23,24). The summed E-state index contributed by atoms with van der Waals surface area (Å²) in [5, 5.41) is 14.4. The lowest BCUT2D eigenvalue weighted by atomic mass is 10.1. The van der Waals surface area contributed by atoms with Crippen LogP contribution in [0.1, 0.15) is 15.9 Å². The number of benzene rings is 1. The van der Waals surface area contributed by atoms with Gasteiger partial charge in [0.2, 0.25) is 6.79 Å². The van der Waals surface area contributed by atoms with Crippen LogP contribution in [-0.2, 0) is 6.54 Å². The first-order chi connectivity index (χ1) is 13.2. The zero-order valence-corrected chi connectivity index (χ0v) is 14.0. The number of nitrogens with zero attached hydrogens (tertiary/aromatic N) is 3. The molecule has 0 unspecified atom stereocenters. The second kappa shape index (κ2) is 5.87. The second-order valence-corrected chi connectivity index (χ2v) is 6.06. The SMILES string of the molecule is O=C(O)c1cc(-c2ccco2)nc2c1cnn2Cc1ccc2c(c1)OCO2. The Kier molecular flexibility index (Phi) is 3.36. The molecule has 0 saturated heterocycles. The molecule has 0 spiro atoms. The molecule has 0 bridgehead atoms. The van der Waals surface area contributed by atoms with E-state index in [1.54, 1.807) is 16.8 Å². The number of ether oxygens (including phenoxy) is 2. The van der Waals surface area contributed by atoms with Crippen LogP contribution in [0.4, 0.5) is 0 Å². The van der Waals surface area contributed by atoms with Crippen LogP contribution in [0.2, 0.25) is 0 Å². The van der Waals surface area contributed by atoms with Gasteiger partial charge in [-0.3, -0.25) is 0 Å². The van der Waals surface area contributed by atoms with Crippen molar-refractivity contribution in [3.63, 3.8) is 0 Å². The molecule has 1 aromatic carbocycles. The number of aromatic carboxylic acids is 1. The zero-order chi connectivity index (χ0) is 18.4. The average Bonchev–Trinajstić information content (AvgIpc) is 3.41. The monoisotopic (exact) mass is 363 g/mol. The maximum atomic E-state index is 11.7. The Labute approximate surface area is 152 Å². The van der Waals surface area contributed by atoms with Gasteiger partial charge in [-0.05, 0) is 35.9 Å². The minimum absolute atomic E-state index is 0.128. The normalized spacial score (nSPS) is 12.6. The van der Waals surface area contributed by atoms with E-state index in [1.165, 1.54) is 18.5 Å². The summed E-state index contributed by atoms with van der Waals surface area (Å²) in [6, 6.07) is 10.6.